The highest BCUT2D eigenvalue weighted by atomic mass is 16.2. The Morgan fingerprint density at radius 1 is 1.37 bits per heavy atom. The van der Waals surface area contributed by atoms with Crippen LogP contribution in [-0.4, -0.2) is 20.7 Å². The van der Waals surface area contributed by atoms with Gasteiger partial charge in [-0.25, -0.2) is 9.67 Å². The molecule has 0 aromatic carbocycles. The molecule has 2 aromatic rings. The summed E-state index contributed by atoms with van der Waals surface area (Å²) < 4.78 is 1.23. The first kappa shape index (κ1) is 12.9. The minimum Gasteiger partial charge on any atom is -0.305 e. The maximum atomic E-state index is 12.0. The highest BCUT2D eigenvalue weighted by Crippen LogP contribution is 2.06. The van der Waals surface area contributed by atoms with E-state index in [1.165, 1.54) is 16.8 Å². The third kappa shape index (κ3) is 3.04. The fourth-order valence-corrected chi connectivity index (χ4v) is 1.58. The van der Waals surface area contributed by atoms with Gasteiger partial charge >= 0.3 is 0 Å². The number of pyridine rings is 1. The van der Waals surface area contributed by atoms with Crippen LogP contribution >= 0.6 is 0 Å². The smallest absolute Gasteiger partial charge is 0.277 e. The summed E-state index contributed by atoms with van der Waals surface area (Å²) in [5, 5.41) is 6.62. The van der Waals surface area contributed by atoms with E-state index in [1.54, 1.807) is 19.2 Å². The van der Waals surface area contributed by atoms with Crippen LogP contribution in [0.25, 0.3) is 0 Å². The van der Waals surface area contributed by atoms with Gasteiger partial charge in [0.2, 0.25) is 0 Å². The number of hydrogen-bond acceptors (Lipinski definition) is 4. The quantitative estimate of drug-likeness (QED) is 0.898. The van der Waals surface area contributed by atoms with Crippen molar-refractivity contribution in [2.45, 2.75) is 20.4 Å². The molecule has 2 heterocycles. The van der Waals surface area contributed by atoms with Crippen LogP contribution in [0, 0.1) is 6.92 Å². The van der Waals surface area contributed by atoms with Gasteiger partial charge < -0.3 is 5.32 Å². The zero-order valence-corrected chi connectivity index (χ0v) is 10.8. The molecule has 1 amide bonds. The molecule has 0 unspecified atom stereocenters. The lowest BCUT2D eigenvalue weighted by Gasteiger charge is -2.06. The van der Waals surface area contributed by atoms with Gasteiger partial charge in [0.25, 0.3) is 11.5 Å². The molecule has 0 bridgehead atoms. The minimum atomic E-state index is -0.389. The maximum absolute atomic E-state index is 12.0. The predicted octanol–water partition coefficient (Wildman–Crippen LogP) is 1.22. The first-order valence-corrected chi connectivity index (χ1v) is 5.92. The van der Waals surface area contributed by atoms with Crippen molar-refractivity contribution in [3.63, 3.8) is 0 Å². The predicted molar refractivity (Wildman–Crippen MR) is 71.1 cm³/mol. The zero-order chi connectivity index (χ0) is 13.8. The van der Waals surface area contributed by atoms with Crippen LogP contribution in [0.3, 0.4) is 0 Å². The lowest BCUT2D eigenvalue weighted by Crippen LogP contribution is -2.25. The molecule has 6 heteroatoms. The van der Waals surface area contributed by atoms with E-state index in [0.717, 1.165) is 5.56 Å². The van der Waals surface area contributed by atoms with Crippen molar-refractivity contribution < 1.29 is 4.79 Å². The van der Waals surface area contributed by atoms with Crippen LogP contribution in [0.15, 0.2) is 35.3 Å². The molecule has 6 nitrogen and oxygen atoms in total. The largest absolute Gasteiger partial charge is 0.305 e. The van der Waals surface area contributed by atoms with E-state index in [-0.39, 0.29) is 17.2 Å². The van der Waals surface area contributed by atoms with E-state index in [1.807, 2.05) is 13.0 Å². The molecule has 1 N–H and O–H groups in total. The Bertz CT molecular complexity index is 664. The van der Waals surface area contributed by atoms with Gasteiger partial charge in [-0.05, 0) is 37.6 Å². The second-order valence-corrected chi connectivity index (χ2v) is 4.05. The fourth-order valence-electron chi connectivity index (χ4n) is 1.58. The average Bonchev–Trinajstić information content (AvgIpc) is 2.39. The number of nitrogens with zero attached hydrogens (tertiary/aromatic N) is 3. The van der Waals surface area contributed by atoms with Gasteiger partial charge in [0.1, 0.15) is 11.5 Å². The Morgan fingerprint density at radius 3 is 2.84 bits per heavy atom. The van der Waals surface area contributed by atoms with Gasteiger partial charge in [-0.3, -0.25) is 9.59 Å². The summed E-state index contributed by atoms with van der Waals surface area (Å²) in [7, 11) is 0. The van der Waals surface area contributed by atoms with Gasteiger partial charge in [0.05, 0.1) is 0 Å². The average molecular weight is 258 g/mol. The lowest BCUT2D eigenvalue weighted by molar-refractivity contribution is 0.101. The molecule has 0 atom stereocenters. The molecule has 2 aromatic heterocycles. The van der Waals surface area contributed by atoms with E-state index in [9.17, 15) is 9.59 Å². The second-order valence-electron chi connectivity index (χ2n) is 4.05. The number of rotatable bonds is 3. The Morgan fingerprint density at radius 2 is 2.16 bits per heavy atom. The third-order valence-corrected chi connectivity index (χ3v) is 2.56. The van der Waals surface area contributed by atoms with Crippen molar-refractivity contribution in [3.05, 3.63) is 52.1 Å². The topological polar surface area (TPSA) is 76.9 Å². The first-order chi connectivity index (χ1) is 9.10. The van der Waals surface area contributed by atoms with Crippen molar-refractivity contribution in [1.82, 2.24) is 14.8 Å². The molecule has 0 radical (unpaired) electrons. The molecule has 2 rings (SSSR count). The number of aryl methyl sites for hydroxylation is 2. The third-order valence-electron chi connectivity index (χ3n) is 2.56. The van der Waals surface area contributed by atoms with Crippen LogP contribution in [-0.2, 0) is 6.54 Å². The zero-order valence-electron chi connectivity index (χ0n) is 10.8. The standard InChI is InChI=1S/C13H14N4O2/c1-3-17-12(18)5-4-10(16-17)13(19)15-11-8-9(2)6-7-14-11/h4-8H,3H2,1-2H3,(H,14,15,19). The van der Waals surface area contributed by atoms with E-state index >= 15 is 0 Å². The molecule has 98 valence electrons. The Kier molecular flexibility index (Phi) is 3.70. The van der Waals surface area contributed by atoms with Crippen LogP contribution in [0.5, 0.6) is 0 Å². The molecule has 0 fully saturated rings. The summed E-state index contributed by atoms with van der Waals surface area (Å²) in [5.74, 6) is 0.0707. The Labute approximate surface area is 110 Å². The van der Waals surface area contributed by atoms with Gasteiger partial charge in [0.15, 0.2) is 0 Å². The lowest BCUT2D eigenvalue weighted by atomic mass is 10.3. The number of nitrogens with one attached hydrogen (secondary N) is 1. The summed E-state index contributed by atoms with van der Waals surface area (Å²) in [5.41, 5.74) is 0.953. The van der Waals surface area contributed by atoms with Gasteiger partial charge in [-0.2, -0.15) is 5.10 Å². The Hall–Kier alpha value is -2.50. The molecular weight excluding hydrogens is 244 g/mol. The van der Waals surface area contributed by atoms with Gasteiger partial charge in [0, 0.05) is 18.8 Å². The highest BCUT2D eigenvalue weighted by Gasteiger charge is 2.10. The Balaban J connectivity index is 2.23. The van der Waals surface area contributed by atoms with Crippen LogP contribution < -0.4 is 10.9 Å². The van der Waals surface area contributed by atoms with Crippen molar-refractivity contribution in [1.29, 1.82) is 0 Å². The molecule has 0 saturated carbocycles. The fraction of sp³-hybridized carbons (Fsp3) is 0.231. The normalized spacial score (nSPS) is 10.2. The summed E-state index contributed by atoms with van der Waals surface area (Å²) in [6.07, 6.45) is 1.62. The van der Waals surface area contributed by atoms with E-state index in [2.05, 4.69) is 15.4 Å². The van der Waals surface area contributed by atoms with Crippen molar-refractivity contribution in [2.75, 3.05) is 5.32 Å². The molecule has 0 aliphatic rings. The number of carbonyl (C=O) groups excluding carboxylic acids is 1. The number of hydrogen-bond donors (Lipinski definition) is 1. The van der Waals surface area contributed by atoms with E-state index in [4.69, 9.17) is 0 Å². The summed E-state index contributed by atoms with van der Waals surface area (Å²) in [6.45, 7) is 4.12. The summed E-state index contributed by atoms with van der Waals surface area (Å²) in [4.78, 5) is 27.4. The van der Waals surface area contributed by atoms with Crippen molar-refractivity contribution in [2.24, 2.45) is 0 Å². The number of carbonyl (C=O) groups is 1. The van der Waals surface area contributed by atoms with Crippen molar-refractivity contribution in [3.8, 4) is 0 Å². The molecule has 0 spiro atoms. The molecule has 0 aliphatic carbocycles. The molecular formula is C13H14N4O2. The van der Waals surface area contributed by atoms with Crippen LogP contribution in [0.1, 0.15) is 23.0 Å². The first-order valence-electron chi connectivity index (χ1n) is 5.92. The van der Waals surface area contributed by atoms with Crippen LogP contribution in [0.4, 0.5) is 5.82 Å². The maximum Gasteiger partial charge on any atom is 0.277 e. The SMILES string of the molecule is CCn1nc(C(=O)Nc2cc(C)ccn2)ccc1=O. The number of aromatic nitrogens is 3. The summed E-state index contributed by atoms with van der Waals surface area (Å²) >= 11 is 0. The molecule has 19 heavy (non-hydrogen) atoms. The van der Waals surface area contributed by atoms with Gasteiger partial charge in [-0.15, -0.1) is 0 Å². The van der Waals surface area contributed by atoms with E-state index in [0.29, 0.717) is 12.4 Å². The molecule has 0 aliphatic heterocycles. The number of amides is 1. The highest BCUT2D eigenvalue weighted by molar-refractivity contribution is 6.02. The number of anilines is 1. The van der Waals surface area contributed by atoms with Crippen molar-refractivity contribution >= 4 is 11.7 Å². The van der Waals surface area contributed by atoms with E-state index < -0.39 is 0 Å². The minimum absolute atomic E-state index is 0.185. The second kappa shape index (κ2) is 5.43. The molecule has 0 saturated heterocycles. The monoisotopic (exact) mass is 258 g/mol. The summed E-state index contributed by atoms with van der Waals surface area (Å²) in [6, 6.07) is 6.33. The van der Waals surface area contributed by atoms with Gasteiger partial charge in [-0.1, -0.05) is 0 Å². The van der Waals surface area contributed by atoms with Crippen LogP contribution in [0.2, 0.25) is 0 Å².